The molecular formula is C30H24N2O5. The third-order valence-electron chi connectivity index (χ3n) is 6.11. The second kappa shape index (κ2) is 10.4. The van der Waals surface area contributed by atoms with Gasteiger partial charge < -0.3 is 19.4 Å². The highest BCUT2D eigenvalue weighted by Crippen LogP contribution is 2.24. The molecule has 1 heterocycles. The summed E-state index contributed by atoms with van der Waals surface area (Å²) in [6, 6.07) is 30.0. The lowest BCUT2D eigenvalue weighted by Gasteiger charge is -2.20. The molecule has 4 aromatic carbocycles. The van der Waals surface area contributed by atoms with E-state index in [0.29, 0.717) is 38.8 Å². The number of carbonyl (C=O) groups excluding carboxylic acids is 2. The summed E-state index contributed by atoms with van der Waals surface area (Å²) in [4.78, 5) is 39.6. The number of methoxy groups -OCH3 is 1. The van der Waals surface area contributed by atoms with Crippen molar-refractivity contribution in [1.29, 1.82) is 0 Å². The quantitative estimate of drug-likeness (QED) is 0.253. The molecule has 0 aliphatic rings. The molecule has 0 spiro atoms. The van der Waals surface area contributed by atoms with Crippen molar-refractivity contribution >= 4 is 39.4 Å². The molecule has 0 fully saturated rings. The summed E-state index contributed by atoms with van der Waals surface area (Å²) >= 11 is 0. The number of pyridine rings is 1. The fraction of sp³-hybridized carbons (Fsp3) is 0.100. The van der Waals surface area contributed by atoms with E-state index in [2.05, 4.69) is 5.32 Å². The maximum atomic E-state index is 13.3. The van der Waals surface area contributed by atoms with Crippen LogP contribution in [0.2, 0.25) is 0 Å². The molecule has 1 atom stereocenters. The van der Waals surface area contributed by atoms with Crippen molar-refractivity contribution in [3.8, 4) is 5.75 Å². The van der Waals surface area contributed by atoms with Gasteiger partial charge >= 0.3 is 5.97 Å². The number of para-hydroxylation sites is 2. The van der Waals surface area contributed by atoms with E-state index in [-0.39, 0.29) is 12.0 Å². The molecule has 1 aromatic heterocycles. The van der Waals surface area contributed by atoms with Crippen LogP contribution in [0.15, 0.2) is 108 Å². The van der Waals surface area contributed by atoms with Crippen molar-refractivity contribution in [1.82, 2.24) is 4.57 Å². The minimum atomic E-state index is -1.17. The van der Waals surface area contributed by atoms with E-state index < -0.39 is 18.0 Å². The zero-order chi connectivity index (χ0) is 25.8. The minimum Gasteiger partial charge on any atom is -0.497 e. The highest BCUT2D eigenvalue weighted by atomic mass is 16.5. The van der Waals surface area contributed by atoms with E-state index >= 15 is 0 Å². The number of amides is 1. The number of rotatable bonds is 7. The minimum absolute atomic E-state index is 0.100. The third kappa shape index (κ3) is 4.92. The standard InChI is InChI=1S/C30H24N2O5/c1-36-22-17-15-21(16-18-22)31-30(35)29(20-9-3-2-4-10-20)37-27(33)19-32-25-13-7-5-11-23(25)28(34)24-12-6-8-14-26(24)32/h2-18,29H,19H2,1H3,(H,31,35). The van der Waals surface area contributed by atoms with Gasteiger partial charge in [-0.05, 0) is 48.5 Å². The summed E-state index contributed by atoms with van der Waals surface area (Å²) in [6.45, 7) is -0.180. The van der Waals surface area contributed by atoms with Crippen LogP contribution >= 0.6 is 0 Å². The predicted molar refractivity (Wildman–Crippen MR) is 143 cm³/mol. The Kier molecular flexibility index (Phi) is 6.68. The fourth-order valence-electron chi connectivity index (χ4n) is 4.33. The highest BCUT2D eigenvalue weighted by molar-refractivity contribution is 5.97. The van der Waals surface area contributed by atoms with E-state index in [1.807, 2.05) is 18.2 Å². The number of benzene rings is 4. The number of aromatic nitrogens is 1. The molecule has 5 rings (SSSR count). The van der Waals surface area contributed by atoms with Gasteiger partial charge in [0.05, 0.1) is 18.1 Å². The van der Waals surface area contributed by atoms with E-state index in [4.69, 9.17) is 9.47 Å². The van der Waals surface area contributed by atoms with Gasteiger partial charge in [0.2, 0.25) is 6.10 Å². The van der Waals surface area contributed by atoms with E-state index in [1.165, 1.54) is 0 Å². The Bertz CT molecular complexity index is 1580. The zero-order valence-corrected chi connectivity index (χ0v) is 20.1. The van der Waals surface area contributed by atoms with Crippen LogP contribution in [0.4, 0.5) is 5.69 Å². The van der Waals surface area contributed by atoms with Gasteiger partial charge in [0.25, 0.3) is 5.91 Å². The highest BCUT2D eigenvalue weighted by Gasteiger charge is 2.26. The van der Waals surface area contributed by atoms with Crippen LogP contribution < -0.4 is 15.5 Å². The van der Waals surface area contributed by atoms with Crippen molar-refractivity contribution in [2.75, 3.05) is 12.4 Å². The molecule has 0 aliphatic carbocycles. The number of nitrogens with one attached hydrogen (secondary N) is 1. The Morgan fingerprint density at radius 2 is 1.35 bits per heavy atom. The summed E-state index contributed by atoms with van der Waals surface area (Å²) < 4.78 is 12.7. The SMILES string of the molecule is COc1ccc(NC(=O)C(OC(=O)Cn2c3ccccc3c(=O)c3ccccc32)c2ccccc2)cc1. The first-order chi connectivity index (χ1) is 18.0. The maximum Gasteiger partial charge on any atom is 0.327 e. The zero-order valence-electron chi connectivity index (χ0n) is 20.1. The van der Waals surface area contributed by atoms with Crippen LogP contribution in [0.3, 0.4) is 0 Å². The summed E-state index contributed by atoms with van der Waals surface area (Å²) in [5.74, 6) is -0.443. The van der Waals surface area contributed by atoms with Crippen molar-refractivity contribution in [2.45, 2.75) is 12.6 Å². The van der Waals surface area contributed by atoms with Gasteiger partial charge in [0.1, 0.15) is 12.3 Å². The van der Waals surface area contributed by atoms with E-state index in [1.54, 1.807) is 96.6 Å². The van der Waals surface area contributed by atoms with E-state index in [9.17, 15) is 14.4 Å². The Balaban J connectivity index is 1.46. The molecule has 184 valence electrons. The van der Waals surface area contributed by atoms with Gasteiger partial charge in [-0.2, -0.15) is 0 Å². The topological polar surface area (TPSA) is 86.6 Å². The predicted octanol–water partition coefficient (Wildman–Crippen LogP) is 5.09. The molecule has 1 unspecified atom stereocenters. The first kappa shape index (κ1) is 23.8. The van der Waals surface area contributed by atoms with Crippen LogP contribution in [0.1, 0.15) is 11.7 Å². The first-order valence-electron chi connectivity index (χ1n) is 11.7. The fourth-order valence-corrected chi connectivity index (χ4v) is 4.33. The lowest BCUT2D eigenvalue weighted by molar-refractivity contribution is -0.155. The van der Waals surface area contributed by atoms with Gasteiger partial charge in [-0.1, -0.05) is 54.6 Å². The number of hydrogen-bond donors (Lipinski definition) is 1. The Morgan fingerprint density at radius 1 is 0.784 bits per heavy atom. The normalized spacial score (nSPS) is 11.7. The molecule has 7 heteroatoms. The van der Waals surface area contributed by atoms with Gasteiger partial charge in [-0.3, -0.25) is 14.4 Å². The summed E-state index contributed by atoms with van der Waals surface area (Å²) in [7, 11) is 1.56. The van der Waals surface area contributed by atoms with Crippen molar-refractivity contribution in [3.63, 3.8) is 0 Å². The summed E-state index contributed by atoms with van der Waals surface area (Å²) in [5, 5.41) is 3.82. The van der Waals surface area contributed by atoms with Gasteiger partial charge in [0, 0.05) is 22.0 Å². The number of hydrogen-bond acceptors (Lipinski definition) is 5. The number of carbonyl (C=O) groups is 2. The molecule has 0 aliphatic heterocycles. The molecule has 0 saturated heterocycles. The second-order valence-electron chi connectivity index (χ2n) is 8.45. The first-order valence-corrected chi connectivity index (χ1v) is 11.7. The van der Waals surface area contributed by atoms with Crippen molar-refractivity contribution in [2.24, 2.45) is 0 Å². The number of anilines is 1. The molecule has 7 nitrogen and oxygen atoms in total. The molecular weight excluding hydrogens is 468 g/mol. The van der Waals surface area contributed by atoms with Gasteiger partial charge in [-0.25, -0.2) is 0 Å². The number of fused-ring (bicyclic) bond motifs is 2. The number of nitrogens with zero attached hydrogens (tertiary/aromatic N) is 1. The van der Waals surface area contributed by atoms with Crippen LogP contribution in [-0.2, 0) is 20.9 Å². The molecule has 0 saturated carbocycles. The second-order valence-corrected chi connectivity index (χ2v) is 8.45. The van der Waals surface area contributed by atoms with Crippen LogP contribution in [0.25, 0.3) is 21.8 Å². The monoisotopic (exact) mass is 492 g/mol. The maximum absolute atomic E-state index is 13.3. The molecule has 0 bridgehead atoms. The Hall–Kier alpha value is -4.91. The Morgan fingerprint density at radius 3 is 1.95 bits per heavy atom. The average molecular weight is 493 g/mol. The molecule has 0 radical (unpaired) electrons. The molecule has 37 heavy (non-hydrogen) atoms. The molecule has 1 amide bonds. The third-order valence-corrected chi connectivity index (χ3v) is 6.11. The molecule has 5 aromatic rings. The van der Waals surface area contributed by atoms with E-state index in [0.717, 1.165) is 0 Å². The van der Waals surface area contributed by atoms with Gasteiger partial charge in [0.15, 0.2) is 5.43 Å². The average Bonchev–Trinajstić information content (AvgIpc) is 2.95. The number of esters is 1. The Labute approximate surface area is 212 Å². The summed E-state index contributed by atoms with van der Waals surface area (Å²) in [6.07, 6.45) is -1.17. The smallest absolute Gasteiger partial charge is 0.327 e. The largest absolute Gasteiger partial charge is 0.497 e. The van der Waals surface area contributed by atoms with Crippen LogP contribution in [0, 0.1) is 0 Å². The lowest BCUT2D eigenvalue weighted by Crippen LogP contribution is -2.27. The number of ether oxygens (including phenoxy) is 2. The van der Waals surface area contributed by atoms with Gasteiger partial charge in [-0.15, -0.1) is 0 Å². The van der Waals surface area contributed by atoms with Crippen LogP contribution in [0.5, 0.6) is 5.75 Å². The summed E-state index contributed by atoms with van der Waals surface area (Å²) in [5.41, 5.74) is 2.21. The molecule has 1 N–H and O–H groups in total. The van der Waals surface area contributed by atoms with Crippen molar-refractivity contribution in [3.05, 3.63) is 119 Å². The lowest BCUT2D eigenvalue weighted by atomic mass is 10.1. The van der Waals surface area contributed by atoms with Crippen LogP contribution in [-0.4, -0.2) is 23.6 Å². The van der Waals surface area contributed by atoms with Crippen molar-refractivity contribution < 1.29 is 19.1 Å².